The van der Waals surface area contributed by atoms with E-state index in [1.165, 1.54) is 0 Å². The van der Waals surface area contributed by atoms with Crippen molar-refractivity contribution >= 4 is 22.4 Å². The molecule has 0 aromatic rings. The fourth-order valence-corrected chi connectivity index (χ4v) is 13.6. The van der Waals surface area contributed by atoms with Gasteiger partial charge >= 0.3 is 0 Å². The third-order valence-electron chi connectivity index (χ3n) is 2.29. The molecule has 0 aliphatic carbocycles. The summed E-state index contributed by atoms with van der Waals surface area (Å²) in [6, 6.07) is 0. The lowest BCUT2D eigenvalue weighted by Gasteiger charge is -2.35. The van der Waals surface area contributed by atoms with Crippen LogP contribution in [0.5, 0.6) is 0 Å². The van der Waals surface area contributed by atoms with E-state index in [2.05, 4.69) is 39.3 Å². The molecule has 0 bridgehead atoms. The average Bonchev–Trinajstić information content (AvgIpc) is 2.06. The van der Waals surface area contributed by atoms with Gasteiger partial charge in [-0.3, -0.25) is 4.99 Å². The molecule has 5 heteroatoms. The highest BCUT2D eigenvalue weighted by atomic mass is 28.4. The van der Waals surface area contributed by atoms with Gasteiger partial charge in [0.05, 0.1) is 22.8 Å². The van der Waals surface area contributed by atoms with Crippen LogP contribution in [-0.2, 0) is 9.47 Å². The minimum atomic E-state index is -1.21. The van der Waals surface area contributed by atoms with Gasteiger partial charge in [-0.1, -0.05) is 39.3 Å². The summed E-state index contributed by atoms with van der Waals surface area (Å²) in [7, 11) is -0.798. The molecule has 0 aliphatic rings. The number of aliphatic imine (C=N–C) groups is 1. The second kappa shape index (κ2) is 6.68. The number of ether oxygens (including phenoxy) is 2. The van der Waals surface area contributed by atoms with Gasteiger partial charge in [0, 0.05) is 18.6 Å². The van der Waals surface area contributed by atoms with Crippen LogP contribution in [0.1, 0.15) is 0 Å². The largest absolute Gasteiger partial charge is 0.359 e. The molecular weight excluding hydrogens is 234 g/mol. The molecule has 0 aromatic carbocycles. The van der Waals surface area contributed by atoms with Crippen molar-refractivity contribution in [1.82, 2.24) is 0 Å². The summed E-state index contributed by atoms with van der Waals surface area (Å²) in [4.78, 5) is 4.76. The third kappa shape index (κ3) is 6.57. The van der Waals surface area contributed by atoms with Gasteiger partial charge in [-0.05, 0) is 0 Å². The molecule has 0 unspecified atom stereocenters. The Morgan fingerprint density at radius 1 is 1.06 bits per heavy atom. The Morgan fingerprint density at radius 3 is 1.94 bits per heavy atom. The fraction of sp³-hybridized carbons (Fsp3) is 0.909. The maximum absolute atomic E-state index is 5.22. The van der Waals surface area contributed by atoms with Crippen molar-refractivity contribution in [3.05, 3.63) is 0 Å². The quantitative estimate of drug-likeness (QED) is 0.305. The van der Waals surface area contributed by atoms with E-state index in [0.29, 0.717) is 18.7 Å². The Balaban J connectivity index is 4.35. The Hall–Kier alpha value is 0.0238. The lowest BCUT2D eigenvalue weighted by Crippen LogP contribution is -2.52. The summed E-state index contributed by atoms with van der Waals surface area (Å²) in [6.07, 6.45) is 1.92. The zero-order valence-corrected chi connectivity index (χ0v) is 13.8. The monoisotopic (exact) mass is 261 g/mol. The first-order valence-electron chi connectivity index (χ1n) is 5.78. The van der Waals surface area contributed by atoms with Crippen molar-refractivity contribution in [2.45, 2.75) is 44.6 Å². The van der Waals surface area contributed by atoms with Crippen LogP contribution in [0.3, 0.4) is 0 Å². The van der Waals surface area contributed by atoms with Crippen LogP contribution < -0.4 is 0 Å². The Bertz CT molecular complexity index is 205. The van der Waals surface area contributed by atoms with Crippen molar-refractivity contribution in [3.8, 4) is 0 Å². The van der Waals surface area contributed by atoms with E-state index in [4.69, 9.17) is 14.5 Å². The van der Waals surface area contributed by atoms with Crippen molar-refractivity contribution in [1.29, 1.82) is 0 Å². The van der Waals surface area contributed by atoms with E-state index in [1.807, 2.05) is 6.21 Å². The van der Waals surface area contributed by atoms with Crippen molar-refractivity contribution < 1.29 is 9.47 Å². The van der Waals surface area contributed by atoms with Gasteiger partial charge in [0.15, 0.2) is 0 Å². The molecule has 3 nitrogen and oxygen atoms in total. The normalized spacial score (nSPS) is 14.0. The molecule has 0 saturated carbocycles. The van der Waals surface area contributed by atoms with Crippen LogP contribution in [0.15, 0.2) is 4.99 Å². The summed E-state index contributed by atoms with van der Waals surface area (Å²) in [5, 5.41) is 0.561. The first-order valence-corrected chi connectivity index (χ1v) is 12.9. The topological polar surface area (TPSA) is 30.8 Å². The highest BCUT2D eigenvalue weighted by molar-refractivity contribution is 6.96. The number of nitrogens with zero attached hydrogens (tertiary/aromatic N) is 1. The molecule has 0 amide bonds. The zero-order chi connectivity index (χ0) is 12.8. The highest BCUT2D eigenvalue weighted by Crippen LogP contribution is 2.21. The zero-order valence-electron chi connectivity index (χ0n) is 11.8. The van der Waals surface area contributed by atoms with Gasteiger partial charge in [0.2, 0.25) is 0 Å². The second-order valence-corrected chi connectivity index (χ2v) is 17.4. The molecule has 96 valence electrons. The molecule has 0 aromatic heterocycles. The van der Waals surface area contributed by atoms with Crippen molar-refractivity contribution in [3.63, 3.8) is 0 Å². The molecule has 0 fully saturated rings. The van der Waals surface area contributed by atoms with Gasteiger partial charge < -0.3 is 9.47 Å². The predicted octanol–water partition coefficient (Wildman–Crippen LogP) is 2.80. The Labute approximate surface area is 102 Å². The van der Waals surface area contributed by atoms with Gasteiger partial charge in [-0.25, -0.2) is 0 Å². The van der Waals surface area contributed by atoms with Crippen molar-refractivity contribution in [2.75, 3.05) is 20.5 Å². The number of hydrogen-bond acceptors (Lipinski definition) is 3. The second-order valence-electron chi connectivity index (χ2n) is 6.24. The Morgan fingerprint density at radius 2 is 1.56 bits per heavy atom. The number of rotatable bonds is 7. The lowest BCUT2D eigenvalue weighted by molar-refractivity contribution is -0.0135. The fourth-order valence-electron chi connectivity index (χ4n) is 2.08. The average molecular weight is 262 g/mol. The van der Waals surface area contributed by atoms with Crippen molar-refractivity contribution in [2.24, 2.45) is 4.99 Å². The van der Waals surface area contributed by atoms with E-state index in [9.17, 15) is 0 Å². The Kier molecular flexibility index (Phi) is 6.69. The molecule has 0 saturated heterocycles. The number of hydrogen-bond donors (Lipinski definition) is 0. The molecule has 0 atom stereocenters. The minimum Gasteiger partial charge on any atom is -0.359 e. The number of methoxy groups -OCH3 is 1. The van der Waals surface area contributed by atoms with E-state index >= 15 is 0 Å². The van der Waals surface area contributed by atoms with E-state index < -0.39 is 16.1 Å². The smallest absolute Gasteiger partial charge is 0.146 e. The van der Waals surface area contributed by atoms with Gasteiger partial charge in [-0.15, -0.1) is 0 Å². The molecule has 0 heterocycles. The molecule has 0 aliphatic heterocycles. The van der Waals surface area contributed by atoms with Gasteiger partial charge in [-0.2, -0.15) is 0 Å². The maximum Gasteiger partial charge on any atom is 0.146 e. The summed E-state index contributed by atoms with van der Waals surface area (Å²) in [5.74, 6) is 0. The highest BCUT2D eigenvalue weighted by Gasteiger charge is 2.36. The first-order chi connectivity index (χ1) is 7.19. The first kappa shape index (κ1) is 16.0. The molecule has 0 N–H and O–H groups in total. The summed E-state index contributed by atoms with van der Waals surface area (Å²) in [6.45, 7) is 15.3. The standard InChI is InChI=1S/C11H27NO2Si2/c1-13-10-14-9-8-12-11(15(2,3)4)16(5,6)7/h8,11H,9-10H2,1-7H3/b12-8+. The minimum absolute atomic E-state index is 0.344. The van der Waals surface area contributed by atoms with Crippen LogP contribution in [0, 0.1) is 0 Å². The van der Waals surface area contributed by atoms with Gasteiger partial charge in [0.1, 0.15) is 6.79 Å². The van der Waals surface area contributed by atoms with E-state index in [-0.39, 0.29) is 0 Å². The van der Waals surface area contributed by atoms with E-state index in [1.54, 1.807) is 7.11 Å². The van der Waals surface area contributed by atoms with Crippen LogP contribution in [0.25, 0.3) is 0 Å². The summed E-state index contributed by atoms with van der Waals surface area (Å²) in [5.41, 5.74) is 0. The molecule has 0 rings (SSSR count). The maximum atomic E-state index is 5.22. The van der Waals surface area contributed by atoms with Crippen LogP contribution in [0.4, 0.5) is 0 Å². The summed E-state index contributed by atoms with van der Waals surface area (Å²) >= 11 is 0. The SMILES string of the molecule is COCOC/C=N/C([Si](C)(C)C)[Si](C)(C)C. The molecule has 16 heavy (non-hydrogen) atoms. The lowest BCUT2D eigenvalue weighted by atomic mass is 10.8. The molecule has 0 radical (unpaired) electrons. The van der Waals surface area contributed by atoms with Crippen LogP contribution in [-0.4, -0.2) is 48.2 Å². The van der Waals surface area contributed by atoms with Crippen LogP contribution >= 0.6 is 0 Å². The molecular formula is C11H27NO2Si2. The summed E-state index contributed by atoms with van der Waals surface area (Å²) < 4.78 is 10.0. The molecule has 0 spiro atoms. The predicted molar refractivity (Wildman–Crippen MR) is 76.8 cm³/mol. The van der Waals surface area contributed by atoms with Crippen LogP contribution in [0.2, 0.25) is 39.3 Å². The van der Waals surface area contributed by atoms with E-state index in [0.717, 1.165) is 0 Å². The third-order valence-corrected chi connectivity index (χ3v) is 11.1. The van der Waals surface area contributed by atoms with Gasteiger partial charge in [0.25, 0.3) is 0 Å².